The lowest BCUT2D eigenvalue weighted by Crippen LogP contribution is -2.96. The molecule has 1 aliphatic rings. The number of carbonyl (C=O) groups excluding carboxylic acids is 2. The number of alkyl carbamates (subject to hydrolysis) is 1. The molecule has 2 heterocycles. The van der Waals surface area contributed by atoms with E-state index in [-0.39, 0.29) is 24.7 Å². The number of carbonyl (C=O) groups is 2. The number of hydrogen-bond acceptors (Lipinski definition) is 4. The minimum absolute atomic E-state index is 0.115. The Balaban J connectivity index is 2.10. The quantitative estimate of drug-likeness (QED) is 0.794. The van der Waals surface area contributed by atoms with Crippen molar-refractivity contribution in [1.29, 1.82) is 0 Å². The maximum atomic E-state index is 14.0. The molecule has 28 heavy (non-hydrogen) atoms. The first-order valence-corrected chi connectivity index (χ1v) is 8.35. The number of ether oxygens (including phenoxy) is 1. The summed E-state index contributed by atoms with van der Waals surface area (Å²) in [5.41, 5.74) is -3.03. The van der Waals surface area contributed by atoms with Crippen molar-refractivity contribution in [2.24, 2.45) is 0 Å². The van der Waals surface area contributed by atoms with Crippen LogP contribution in [0, 0.1) is 0 Å². The third-order valence-electron chi connectivity index (χ3n) is 4.07. The molecule has 1 aliphatic heterocycles. The highest BCUT2D eigenvalue weighted by Crippen LogP contribution is 2.30. The van der Waals surface area contributed by atoms with E-state index in [1.54, 1.807) is 41.7 Å². The van der Waals surface area contributed by atoms with E-state index in [9.17, 15) is 22.8 Å². The third kappa shape index (κ3) is 3.45. The molecule has 3 rings (SSSR count). The van der Waals surface area contributed by atoms with E-state index in [2.05, 4.69) is 9.73 Å². The molecule has 0 bridgehead atoms. The second kappa shape index (κ2) is 7.37. The lowest BCUT2D eigenvalue weighted by atomic mass is 10.1. The molecule has 1 aromatic carbocycles. The van der Waals surface area contributed by atoms with Crippen LogP contribution in [0.15, 0.2) is 53.1 Å². The van der Waals surface area contributed by atoms with E-state index in [4.69, 9.17) is 4.42 Å². The largest absolute Gasteiger partial charge is 0.465 e. The number of alkyl halides is 3. The van der Waals surface area contributed by atoms with Gasteiger partial charge in [-0.05, 0) is 31.2 Å². The molecule has 0 unspecified atom stereocenters. The maximum Gasteiger partial charge on any atom is 0.465 e. The zero-order valence-corrected chi connectivity index (χ0v) is 14.7. The van der Waals surface area contributed by atoms with Gasteiger partial charge in [0.05, 0.1) is 18.4 Å². The fourth-order valence-electron chi connectivity index (χ4n) is 2.80. The van der Waals surface area contributed by atoms with Crippen LogP contribution in [0.4, 0.5) is 18.0 Å². The number of nitrogens with zero attached hydrogens (tertiary/aromatic N) is 1. The molecule has 0 saturated heterocycles. The van der Waals surface area contributed by atoms with Crippen LogP contribution >= 0.6 is 0 Å². The standard InChI is InChI=1S/C18H16F3N3O4/c1-2-27-16(26)23-17(18(19,20)21)15(25)24(11-13-9-6-10-28-13)14(22-17)12-7-4-3-5-8-12/h3-10H,2,11H2,1H3,(H,23,26)/p+1/t17-/m0/s1. The highest BCUT2D eigenvalue weighted by Gasteiger charge is 2.72. The Bertz CT molecular complexity index is 881. The van der Waals surface area contributed by atoms with Crippen molar-refractivity contribution < 1.29 is 36.9 Å². The van der Waals surface area contributed by atoms with E-state index in [1.807, 2.05) is 0 Å². The molecule has 10 heteroatoms. The summed E-state index contributed by atoms with van der Waals surface area (Å²) in [6, 6.07) is 11.1. The highest BCUT2D eigenvalue weighted by molar-refractivity contribution is 6.10. The zero-order chi connectivity index (χ0) is 20.4. The van der Waals surface area contributed by atoms with Gasteiger partial charge in [-0.2, -0.15) is 18.1 Å². The first-order chi connectivity index (χ1) is 13.3. The van der Waals surface area contributed by atoms with Gasteiger partial charge in [0.25, 0.3) is 5.84 Å². The van der Waals surface area contributed by atoms with Crippen molar-refractivity contribution in [2.45, 2.75) is 25.3 Å². The number of hydrogen-bond donors (Lipinski definition) is 2. The predicted molar refractivity (Wildman–Crippen MR) is 89.7 cm³/mol. The number of amides is 2. The molecule has 2 N–H and O–H groups in total. The molecule has 1 aromatic heterocycles. The number of amidine groups is 1. The van der Waals surface area contributed by atoms with Crippen LogP contribution in [0.2, 0.25) is 0 Å². The Morgan fingerprint density at radius 2 is 1.96 bits per heavy atom. The molecular formula is C18H17F3N3O4+. The van der Waals surface area contributed by atoms with Gasteiger partial charge in [0.15, 0.2) is 6.54 Å². The zero-order valence-electron chi connectivity index (χ0n) is 14.7. The van der Waals surface area contributed by atoms with Crippen LogP contribution in [0.3, 0.4) is 0 Å². The van der Waals surface area contributed by atoms with E-state index in [0.717, 1.165) is 4.90 Å². The lowest BCUT2D eigenvalue weighted by Gasteiger charge is -2.24. The molecule has 148 valence electrons. The first-order valence-electron chi connectivity index (χ1n) is 8.35. The summed E-state index contributed by atoms with van der Waals surface area (Å²) in [6.07, 6.45) is -5.17. The number of nitrogens with one attached hydrogen (secondary N) is 2. The van der Waals surface area contributed by atoms with Crippen LogP contribution in [0.1, 0.15) is 18.2 Å². The van der Waals surface area contributed by atoms with Crippen molar-refractivity contribution in [3.63, 3.8) is 0 Å². The van der Waals surface area contributed by atoms with E-state index >= 15 is 0 Å². The Morgan fingerprint density at radius 3 is 2.54 bits per heavy atom. The van der Waals surface area contributed by atoms with Crippen molar-refractivity contribution in [1.82, 2.24) is 10.2 Å². The van der Waals surface area contributed by atoms with Gasteiger partial charge in [-0.15, -0.1) is 0 Å². The fourth-order valence-corrected chi connectivity index (χ4v) is 2.80. The molecule has 0 radical (unpaired) electrons. The Hall–Kier alpha value is -3.30. The predicted octanol–water partition coefficient (Wildman–Crippen LogP) is 1.15. The molecule has 0 saturated carbocycles. The molecule has 2 aromatic rings. The summed E-state index contributed by atoms with van der Waals surface area (Å²) in [4.78, 5) is 27.8. The van der Waals surface area contributed by atoms with Crippen molar-refractivity contribution in [2.75, 3.05) is 6.61 Å². The third-order valence-corrected chi connectivity index (χ3v) is 4.07. The molecule has 0 aliphatic carbocycles. The number of rotatable bonds is 5. The van der Waals surface area contributed by atoms with E-state index < -0.39 is 23.8 Å². The molecule has 7 nitrogen and oxygen atoms in total. The van der Waals surface area contributed by atoms with Gasteiger partial charge in [0, 0.05) is 0 Å². The summed E-state index contributed by atoms with van der Waals surface area (Å²) in [7, 11) is 0. The Labute approximate surface area is 157 Å². The van der Waals surface area contributed by atoms with Crippen molar-refractivity contribution >= 4 is 17.8 Å². The number of halogens is 3. The summed E-state index contributed by atoms with van der Waals surface area (Å²) in [5.74, 6) is -1.24. The topological polar surface area (TPSA) is 85.8 Å². The summed E-state index contributed by atoms with van der Waals surface area (Å²) >= 11 is 0. The minimum atomic E-state index is -5.14. The van der Waals surface area contributed by atoms with Gasteiger partial charge < -0.3 is 9.15 Å². The second-order valence-electron chi connectivity index (χ2n) is 5.90. The summed E-state index contributed by atoms with van der Waals surface area (Å²) < 4.78 is 51.7. The SMILES string of the molecule is CCOC(=O)N[C@@]1(C(F)(F)F)[NH+]=C(c2ccccc2)N(Cc2ccco2)C1=O. The minimum Gasteiger partial charge on any atom is -0.465 e. The van der Waals surface area contributed by atoms with Crippen molar-refractivity contribution in [3.8, 4) is 0 Å². The normalized spacial score (nSPS) is 19.5. The second-order valence-corrected chi connectivity index (χ2v) is 5.90. The molecular weight excluding hydrogens is 379 g/mol. The molecule has 0 fully saturated rings. The molecule has 2 amide bonds. The van der Waals surface area contributed by atoms with Gasteiger partial charge in [0.2, 0.25) is 0 Å². The average molecular weight is 396 g/mol. The first kappa shape index (κ1) is 19.5. The van der Waals surface area contributed by atoms with Gasteiger partial charge in [0.1, 0.15) is 5.76 Å². The van der Waals surface area contributed by atoms with Crippen LogP contribution in [-0.4, -0.2) is 41.2 Å². The van der Waals surface area contributed by atoms with E-state index in [1.165, 1.54) is 19.3 Å². The maximum absolute atomic E-state index is 14.0. The molecule has 0 spiro atoms. The van der Waals surface area contributed by atoms with Gasteiger partial charge in [-0.25, -0.2) is 14.6 Å². The van der Waals surface area contributed by atoms with Crippen LogP contribution in [0.25, 0.3) is 0 Å². The van der Waals surface area contributed by atoms with Gasteiger partial charge >= 0.3 is 23.8 Å². The van der Waals surface area contributed by atoms with Crippen molar-refractivity contribution in [3.05, 3.63) is 60.1 Å². The number of furan rings is 1. The van der Waals surface area contributed by atoms with Gasteiger partial charge in [-0.3, -0.25) is 5.32 Å². The summed E-state index contributed by atoms with van der Waals surface area (Å²) in [5, 5.41) is 1.65. The Kier molecular flexibility index (Phi) is 5.12. The lowest BCUT2D eigenvalue weighted by molar-refractivity contribution is -0.581. The van der Waals surface area contributed by atoms with Gasteiger partial charge in [-0.1, -0.05) is 18.2 Å². The van der Waals surface area contributed by atoms with E-state index in [0.29, 0.717) is 5.56 Å². The van der Waals surface area contributed by atoms with Crippen LogP contribution in [-0.2, 0) is 16.1 Å². The fraction of sp³-hybridized carbons (Fsp3) is 0.278. The smallest absolute Gasteiger partial charge is 0.465 e. The summed E-state index contributed by atoms with van der Waals surface area (Å²) in [6.45, 7) is 1.03. The number of benzene rings is 1. The highest BCUT2D eigenvalue weighted by atomic mass is 19.4. The monoisotopic (exact) mass is 396 g/mol. The molecule has 1 atom stereocenters. The Morgan fingerprint density at radius 1 is 1.25 bits per heavy atom. The van der Waals surface area contributed by atoms with Crippen LogP contribution in [0.5, 0.6) is 0 Å². The van der Waals surface area contributed by atoms with Crippen LogP contribution < -0.4 is 10.3 Å². The average Bonchev–Trinajstić information content (AvgIpc) is 3.25.